The monoisotopic (exact) mass is 625 g/mol. The molecule has 0 aliphatic rings. The van der Waals surface area contributed by atoms with Gasteiger partial charge in [-0.1, -0.05) is 104 Å². The zero-order valence-corrected chi connectivity index (χ0v) is 27.6. The lowest BCUT2D eigenvalue weighted by molar-refractivity contribution is -0.140. The third-order valence-electron chi connectivity index (χ3n) is 7.85. The Labute approximate surface area is 268 Å². The molecule has 1 atom stereocenters. The number of anilines is 1. The van der Waals surface area contributed by atoms with Crippen molar-refractivity contribution in [2.75, 3.05) is 17.4 Å². The Hall–Kier alpha value is -4.43. The fraction of sp³-hybridized carbons (Fsp3) is 0.297. The molecule has 236 valence electrons. The van der Waals surface area contributed by atoms with Gasteiger partial charge in [-0.3, -0.25) is 13.9 Å². The van der Waals surface area contributed by atoms with Gasteiger partial charge in [0.2, 0.25) is 11.8 Å². The molecule has 1 N–H and O–H groups in total. The molecule has 0 fully saturated rings. The van der Waals surface area contributed by atoms with Gasteiger partial charge in [-0.25, -0.2) is 8.42 Å². The van der Waals surface area contributed by atoms with Crippen molar-refractivity contribution in [2.45, 2.75) is 58.5 Å². The maximum absolute atomic E-state index is 14.6. The number of hydrogen-bond acceptors (Lipinski definition) is 4. The molecular weight excluding hydrogens is 582 g/mol. The number of hydrogen-bond donors (Lipinski definition) is 1. The highest BCUT2D eigenvalue weighted by molar-refractivity contribution is 7.92. The summed E-state index contributed by atoms with van der Waals surface area (Å²) in [5, 5.41) is 3.03. The smallest absolute Gasteiger partial charge is 0.264 e. The topological polar surface area (TPSA) is 86.8 Å². The quantitative estimate of drug-likeness (QED) is 0.191. The van der Waals surface area contributed by atoms with E-state index in [-0.39, 0.29) is 29.7 Å². The second-order valence-electron chi connectivity index (χ2n) is 11.9. The van der Waals surface area contributed by atoms with Crippen molar-refractivity contribution in [2.24, 2.45) is 5.92 Å². The number of nitrogens with one attached hydrogen (secondary N) is 1. The van der Waals surface area contributed by atoms with E-state index in [0.29, 0.717) is 12.2 Å². The van der Waals surface area contributed by atoms with Crippen molar-refractivity contribution in [1.29, 1.82) is 0 Å². The van der Waals surface area contributed by atoms with Crippen molar-refractivity contribution in [3.63, 3.8) is 0 Å². The maximum Gasteiger partial charge on any atom is 0.264 e. The highest BCUT2D eigenvalue weighted by Crippen LogP contribution is 2.29. The Bertz CT molecular complexity index is 1710. The van der Waals surface area contributed by atoms with Crippen LogP contribution in [0, 0.1) is 26.7 Å². The summed E-state index contributed by atoms with van der Waals surface area (Å²) in [5.41, 5.74) is 4.85. The van der Waals surface area contributed by atoms with Gasteiger partial charge in [0.15, 0.2) is 0 Å². The molecule has 0 aliphatic heterocycles. The lowest BCUT2D eigenvalue weighted by Gasteiger charge is -2.34. The van der Waals surface area contributed by atoms with Gasteiger partial charge >= 0.3 is 0 Å². The van der Waals surface area contributed by atoms with Crippen molar-refractivity contribution in [1.82, 2.24) is 10.2 Å². The molecule has 0 saturated heterocycles. The van der Waals surface area contributed by atoms with E-state index in [1.54, 1.807) is 30.3 Å². The van der Waals surface area contributed by atoms with Crippen molar-refractivity contribution in [3.05, 3.63) is 131 Å². The van der Waals surface area contributed by atoms with Gasteiger partial charge in [-0.15, -0.1) is 0 Å². The summed E-state index contributed by atoms with van der Waals surface area (Å²) < 4.78 is 29.6. The molecule has 0 spiro atoms. The SMILES string of the molecule is Cc1cccc(CN(C(=O)CN(c2cccc(C)c2C)S(=O)(=O)c2ccccc2)C(Cc2ccccc2)C(=O)NCC(C)C)c1. The van der Waals surface area contributed by atoms with E-state index in [9.17, 15) is 18.0 Å². The van der Waals surface area contributed by atoms with Crippen LogP contribution in [0.4, 0.5) is 5.69 Å². The van der Waals surface area contributed by atoms with Gasteiger partial charge in [0.05, 0.1) is 10.6 Å². The number of carbonyl (C=O) groups excluding carboxylic acids is 2. The molecule has 0 aliphatic carbocycles. The molecule has 45 heavy (non-hydrogen) atoms. The number of amides is 2. The van der Waals surface area contributed by atoms with Crippen LogP contribution in [0.2, 0.25) is 0 Å². The summed E-state index contributed by atoms with van der Waals surface area (Å²) in [5.74, 6) is -0.543. The first-order valence-electron chi connectivity index (χ1n) is 15.3. The minimum absolute atomic E-state index is 0.0828. The van der Waals surface area contributed by atoms with E-state index in [4.69, 9.17) is 0 Å². The fourth-order valence-corrected chi connectivity index (χ4v) is 6.72. The standard InChI is InChI=1S/C37H43N3O4S/c1-27(2)24-38-37(42)35(23-31-16-8-6-9-17-31)39(25-32-18-12-14-28(3)22-32)36(41)26-40(34-21-13-15-29(4)30(34)5)45(43,44)33-19-10-7-11-20-33/h6-22,27,35H,23-26H2,1-5H3,(H,38,42). The van der Waals surface area contributed by atoms with Gasteiger partial charge in [-0.05, 0) is 67.1 Å². The molecule has 0 bridgehead atoms. The van der Waals surface area contributed by atoms with Gasteiger partial charge in [0, 0.05) is 19.5 Å². The largest absolute Gasteiger partial charge is 0.354 e. The minimum atomic E-state index is -4.14. The summed E-state index contributed by atoms with van der Waals surface area (Å²) in [7, 11) is -4.14. The van der Waals surface area contributed by atoms with E-state index in [1.807, 2.05) is 95.3 Å². The molecule has 0 heterocycles. The number of nitrogens with zero attached hydrogens (tertiary/aromatic N) is 2. The van der Waals surface area contributed by atoms with Gasteiger partial charge in [-0.2, -0.15) is 0 Å². The minimum Gasteiger partial charge on any atom is -0.354 e. The Kier molecular flexibility index (Phi) is 11.2. The Morgan fingerprint density at radius 2 is 1.40 bits per heavy atom. The molecule has 4 rings (SSSR count). The van der Waals surface area contributed by atoms with Crippen molar-refractivity contribution in [3.8, 4) is 0 Å². The normalized spacial score (nSPS) is 12.0. The van der Waals surface area contributed by atoms with Crippen LogP contribution in [0.3, 0.4) is 0 Å². The number of aryl methyl sites for hydroxylation is 2. The summed E-state index contributed by atoms with van der Waals surface area (Å²) in [6, 6.07) is 30.0. The average molecular weight is 626 g/mol. The van der Waals surface area contributed by atoms with Crippen LogP contribution in [0.15, 0.2) is 108 Å². The van der Waals surface area contributed by atoms with Crippen LogP contribution in [-0.4, -0.2) is 44.3 Å². The van der Waals surface area contributed by atoms with E-state index in [2.05, 4.69) is 5.32 Å². The molecule has 1 unspecified atom stereocenters. The average Bonchev–Trinajstić information content (AvgIpc) is 3.02. The highest BCUT2D eigenvalue weighted by Gasteiger charge is 2.35. The Morgan fingerprint density at radius 3 is 2.04 bits per heavy atom. The molecule has 4 aromatic rings. The third-order valence-corrected chi connectivity index (χ3v) is 9.62. The summed E-state index contributed by atoms with van der Waals surface area (Å²) in [6.45, 7) is 9.87. The molecule has 7 nitrogen and oxygen atoms in total. The number of carbonyl (C=O) groups is 2. The predicted molar refractivity (Wildman–Crippen MR) is 180 cm³/mol. The van der Waals surface area contributed by atoms with E-state index >= 15 is 0 Å². The first-order valence-corrected chi connectivity index (χ1v) is 16.7. The first-order chi connectivity index (χ1) is 21.5. The van der Waals surface area contributed by atoms with Crippen LogP contribution in [-0.2, 0) is 32.6 Å². The zero-order chi connectivity index (χ0) is 32.6. The summed E-state index contributed by atoms with van der Waals surface area (Å²) in [6.07, 6.45) is 0.275. The number of sulfonamides is 1. The van der Waals surface area contributed by atoms with Gasteiger partial charge < -0.3 is 10.2 Å². The van der Waals surface area contributed by atoms with E-state index < -0.39 is 28.5 Å². The van der Waals surface area contributed by atoms with Crippen LogP contribution in [0.25, 0.3) is 0 Å². The zero-order valence-electron chi connectivity index (χ0n) is 26.7. The van der Waals surface area contributed by atoms with Crippen LogP contribution >= 0.6 is 0 Å². The second kappa shape index (κ2) is 15.0. The molecule has 4 aromatic carbocycles. The van der Waals surface area contributed by atoms with Crippen LogP contribution < -0.4 is 9.62 Å². The molecule has 2 amide bonds. The maximum atomic E-state index is 14.6. The lowest BCUT2D eigenvalue weighted by Crippen LogP contribution is -2.53. The second-order valence-corrected chi connectivity index (χ2v) is 13.8. The first kappa shape index (κ1) is 33.5. The highest BCUT2D eigenvalue weighted by atomic mass is 32.2. The lowest BCUT2D eigenvalue weighted by atomic mass is 10.0. The van der Waals surface area contributed by atoms with Gasteiger partial charge in [0.25, 0.3) is 10.0 Å². The number of rotatable bonds is 13. The van der Waals surface area contributed by atoms with Crippen molar-refractivity contribution < 1.29 is 18.0 Å². The molecule has 0 saturated carbocycles. The predicted octanol–water partition coefficient (Wildman–Crippen LogP) is 6.22. The molecular formula is C37H43N3O4S. The molecule has 0 radical (unpaired) electrons. The summed E-state index contributed by atoms with van der Waals surface area (Å²) in [4.78, 5) is 30.1. The van der Waals surface area contributed by atoms with Gasteiger partial charge in [0.1, 0.15) is 12.6 Å². The third kappa shape index (κ3) is 8.60. The molecule has 8 heteroatoms. The van der Waals surface area contributed by atoms with Crippen molar-refractivity contribution >= 4 is 27.5 Å². The van der Waals surface area contributed by atoms with Crippen LogP contribution in [0.5, 0.6) is 0 Å². The Balaban J connectivity index is 1.82. The van der Waals surface area contributed by atoms with E-state index in [0.717, 1.165) is 27.8 Å². The van der Waals surface area contributed by atoms with Crippen LogP contribution in [0.1, 0.15) is 41.7 Å². The number of benzene rings is 4. The Morgan fingerprint density at radius 1 is 0.778 bits per heavy atom. The fourth-order valence-electron chi connectivity index (χ4n) is 5.22. The summed E-state index contributed by atoms with van der Waals surface area (Å²) >= 11 is 0. The van der Waals surface area contributed by atoms with E-state index in [1.165, 1.54) is 21.3 Å². The molecule has 0 aromatic heterocycles.